The molecular formula is C14H18N2O. The van der Waals surface area contributed by atoms with Gasteiger partial charge >= 0.3 is 0 Å². The summed E-state index contributed by atoms with van der Waals surface area (Å²) in [6.07, 6.45) is 2.05. The Kier molecular flexibility index (Phi) is 3.47. The highest BCUT2D eigenvalue weighted by atomic mass is 16.5. The second-order valence-electron chi connectivity index (χ2n) is 4.17. The van der Waals surface area contributed by atoms with Crippen LogP contribution in [0.3, 0.4) is 0 Å². The summed E-state index contributed by atoms with van der Waals surface area (Å²) in [5, 5.41) is 0. The van der Waals surface area contributed by atoms with Gasteiger partial charge in [0.25, 0.3) is 0 Å². The molecule has 0 spiro atoms. The van der Waals surface area contributed by atoms with Crippen LogP contribution in [-0.4, -0.2) is 9.55 Å². The second kappa shape index (κ2) is 5.04. The lowest BCUT2D eigenvalue weighted by molar-refractivity contribution is 0.301. The average Bonchev–Trinajstić information content (AvgIpc) is 2.69. The summed E-state index contributed by atoms with van der Waals surface area (Å²) in [5.74, 6) is 1.93. The monoisotopic (exact) mass is 230 g/mol. The van der Waals surface area contributed by atoms with Gasteiger partial charge in [0, 0.05) is 12.7 Å². The molecule has 1 aromatic carbocycles. The van der Waals surface area contributed by atoms with Crippen molar-refractivity contribution in [1.29, 1.82) is 0 Å². The van der Waals surface area contributed by atoms with E-state index in [0.717, 1.165) is 23.8 Å². The van der Waals surface area contributed by atoms with Crippen LogP contribution >= 0.6 is 0 Å². The zero-order valence-electron chi connectivity index (χ0n) is 10.6. The van der Waals surface area contributed by atoms with Crippen molar-refractivity contribution in [3.63, 3.8) is 0 Å². The number of hydrogen-bond donors (Lipinski definition) is 0. The van der Waals surface area contributed by atoms with E-state index in [9.17, 15) is 0 Å². The number of imidazole rings is 1. The molecule has 1 aromatic heterocycles. The van der Waals surface area contributed by atoms with E-state index in [1.165, 1.54) is 5.56 Å². The topological polar surface area (TPSA) is 27.1 Å². The molecule has 0 fully saturated rings. The molecule has 17 heavy (non-hydrogen) atoms. The first-order chi connectivity index (χ1) is 8.19. The molecule has 3 nitrogen and oxygen atoms in total. The normalized spacial score (nSPS) is 10.5. The lowest BCUT2D eigenvalue weighted by Crippen LogP contribution is -1.95. The predicted molar refractivity (Wildman–Crippen MR) is 68.1 cm³/mol. The van der Waals surface area contributed by atoms with Crippen molar-refractivity contribution in [2.45, 2.75) is 33.9 Å². The maximum Gasteiger partial charge on any atom is 0.132 e. The van der Waals surface area contributed by atoms with Gasteiger partial charge in [0.2, 0.25) is 0 Å². The van der Waals surface area contributed by atoms with E-state index in [1.807, 2.05) is 37.4 Å². The molecule has 90 valence electrons. The third-order valence-corrected chi connectivity index (χ3v) is 2.77. The molecule has 2 rings (SSSR count). The summed E-state index contributed by atoms with van der Waals surface area (Å²) >= 11 is 0. The lowest BCUT2D eigenvalue weighted by Gasteiger charge is -2.03. The van der Waals surface area contributed by atoms with E-state index in [1.54, 1.807) is 0 Å². The standard InChI is InChI=1S/C14H18N2O/c1-4-16-9-13(15-12(16)3)10-17-14-7-5-11(2)6-8-14/h5-9H,4,10H2,1-3H3. The van der Waals surface area contributed by atoms with Gasteiger partial charge in [0.15, 0.2) is 0 Å². The Morgan fingerprint density at radius 2 is 1.88 bits per heavy atom. The van der Waals surface area contributed by atoms with Gasteiger partial charge in [0.1, 0.15) is 18.2 Å². The van der Waals surface area contributed by atoms with Crippen LogP contribution in [0.2, 0.25) is 0 Å². The Morgan fingerprint density at radius 3 is 2.47 bits per heavy atom. The van der Waals surface area contributed by atoms with Crippen LogP contribution in [0.4, 0.5) is 0 Å². The highest BCUT2D eigenvalue weighted by molar-refractivity contribution is 5.26. The Hall–Kier alpha value is -1.77. The van der Waals surface area contributed by atoms with Crippen molar-refractivity contribution in [2.24, 2.45) is 0 Å². The smallest absolute Gasteiger partial charge is 0.132 e. The number of aromatic nitrogens is 2. The first-order valence-corrected chi connectivity index (χ1v) is 5.91. The van der Waals surface area contributed by atoms with Gasteiger partial charge in [-0.3, -0.25) is 0 Å². The Balaban J connectivity index is 1.99. The number of rotatable bonds is 4. The van der Waals surface area contributed by atoms with Crippen molar-refractivity contribution in [1.82, 2.24) is 9.55 Å². The number of nitrogens with zero attached hydrogens (tertiary/aromatic N) is 2. The molecule has 0 amide bonds. The van der Waals surface area contributed by atoms with E-state index in [-0.39, 0.29) is 0 Å². The molecule has 0 radical (unpaired) electrons. The van der Waals surface area contributed by atoms with Gasteiger partial charge in [-0.05, 0) is 32.9 Å². The molecule has 0 N–H and O–H groups in total. The molecular weight excluding hydrogens is 212 g/mol. The average molecular weight is 230 g/mol. The fourth-order valence-corrected chi connectivity index (χ4v) is 1.76. The summed E-state index contributed by atoms with van der Waals surface area (Å²) < 4.78 is 7.80. The first-order valence-electron chi connectivity index (χ1n) is 5.91. The third kappa shape index (κ3) is 2.87. The molecule has 3 heteroatoms. The van der Waals surface area contributed by atoms with Gasteiger partial charge in [-0.25, -0.2) is 4.98 Å². The quantitative estimate of drug-likeness (QED) is 0.807. The Bertz CT molecular complexity index is 485. The molecule has 0 bridgehead atoms. The number of benzene rings is 1. The maximum absolute atomic E-state index is 5.68. The lowest BCUT2D eigenvalue weighted by atomic mass is 10.2. The minimum Gasteiger partial charge on any atom is -0.487 e. The number of aryl methyl sites for hydroxylation is 3. The van der Waals surface area contributed by atoms with Crippen LogP contribution in [0.25, 0.3) is 0 Å². The van der Waals surface area contributed by atoms with Gasteiger partial charge < -0.3 is 9.30 Å². The van der Waals surface area contributed by atoms with E-state index < -0.39 is 0 Å². The van der Waals surface area contributed by atoms with E-state index >= 15 is 0 Å². The summed E-state index contributed by atoms with van der Waals surface area (Å²) in [5.41, 5.74) is 2.22. The van der Waals surface area contributed by atoms with Crippen molar-refractivity contribution in [3.8, 4) is 5.75 Å². The van der Waals surface area contributed by atoms with Gasteiger partial charge in [-0.1, -0.05) is 17.7 Å². The first kappa shape index (κ1) is 11.7. The van der Waals surface area contributed by atoms with E-state index in [0.29, 0.717) is 6.61 Å². The minimum absolute atomic E-state index is 0.525. The van der Waals surface area contributed by atoms with Crippen LogP contribution < -0.4 is 4.74 Å². The highest BCUT2D eigenvalue weighted by Gasteiger charge is 2.03. The fourth-order valence-electron chi connectivity index (χ4n) is 1.76. The summed E-state index contributed by atoms with van der Waals surface area (Å²) in [7, 11) is 0. The predicted octanol–water partition coefficient (Wildman–Crippen LogP) is 3.10. The Labute approximate surface area is 102 Å². The zero-order chi connectivity index (χ0) is 12.3. The van der Waals surface area contributed by atoms with Crippen LogP contribution in [0.1, 0.15) is 24.0 Å². The third-order valence-electron chi connectivity index (χ3n) is 2.77. The SMILES string of the molecule is CCn1cc(COc2ccc(C)cc2)nc1C. The summed E-state index contributed by atoms with van der Waals surface area (Å²) in [6.45, 7) is 7.66. The second-order valence-corrected chi connectivity index (χ2v) is 4.17. The van der Waals surface area contributed by atoms with E-state index in [4.69, 9.17) is 4.74 Å². The van der Waals surface area contributed by atoms with Crippen molar-refractivity contribution >= 4 is 0 Å². The molecule has 0 aliphatic carbocycles. The summed E-state index contributed by atoms with van der Waals surface area (Å²) in [6, 6.07) is 8.06. The van der Waals surface area contributed by atoms with Gasteiger partial charge in [-0.2, -0.15) is 0 Å². The van der Waals surface area contributed by atoms with Gasteiger partial charge in [0.05, 0.1) is 5.69 Å². The molecule has 1 heterocycles. The minimum atomic E-state index is 0.525. The maximum atomic E-state index is 5.68. The zero-order valence-corrected chi connectivity index (χ0v) is 10.6. The summed E-state index contributed by atoms with van der Waals surface area (Å²) in [4.78, 5) is 4.45. The Morgan fingerprint density at radius 1 is 1.18 bits per heavy atom. The molecule has 2 aromatic rings. The van der Waals surface area contributed by atoms with Crippen LogP contribution in [0.5, 0.6) is 5.75 Å². The van der Waals surface area contributed by atoms with Crippen LogP contribution in [0, 0.1) is 13.8 Å². The largest absolute Gasteiger partial charge is 0.487 e. The van der Waals surface area contributed by atoms with Crippen LogP contribution in [0.15, 0.2) is 30.5 Å². The molecule has 0 unspecified atom stereocenters. The van der Waals surface area contributed by atoms with Gasteiger partial charge in [-0.15, -0.1) is 0 Å². The molecule has 0 saturated heterocycles. The van der Waals surface area contributed by atoms with Crippen molar-refractivity contribution in [2.75, 3.05) is 0 Å². The van der Waals surface area contributed by atoms with Crippen LogP contribution in [-0.2, 0) is 13.2 Å². The number of hydrogen-bond acceptors (Lipinski definition) is 2. The van der Waals surface area contributed by atoms with Crippen molar-refractivity contribution in [3.05, 3.63) is 47.5 Å². The number of ether oxygens (including phenoxy) is 1. The molecule has 0 aliphatic rings. The highest BCUT2D eigenvalue weighted by Crippen LogP contribution is 2.13. The fraction of sp³-hybridized carbons (Fsp3) is 0.357. The molecule has 0 atom stereocenters. The molecule has 0 saturated carbocycles. The van der Waals surface area contributed by atoms with E-state index in [2.05, 4.69) is 23.4 Å². The molecule has 0 aliphatic heterocycles. The van der Waals surface area contributed by atoms with Crippen molar-refractivity contribution < 1.29 is 4.74 Å².